The third-order valence-corrected chi connectivity index (χ3v) is 1.54. The summed E-state index contributed by atoms with van der Waals surface area (Å²) < 4.78 is 0. The second-order valence-corrected chi connectivity index (χ2v) is 2.28. The van der Waals surface area contributed by atoms with E-state index in [4.69, 9.17) is 5.11 Å². The molecule has 0 aromatic rings. The van der Waals surface area contributed by atoms with Crippen LogP contribution in [0.5, 0.6) is 0 Å². The molecular weight excluding hydrogens is 132 g/mol. The summed E-state index contributed by atoms with van der Waals surface area (Å²) >= 11 is 0. The van der Waals surface area contributed by atoms with Gasteiger partial charge in [0.15, 0.2) is 0 Å². The van der Waals surface area contributed by atoms with E-state index < -0.39 is 0 Å². The van der Waals surface area contributed by atoms with Crippen LogP contribution in [-0.4, -0.2) is 42.6 Å². The highest BCUT2D eigenvalue weighted by atomic mass is 16.6. The lowest BCUT2D eigenvalue weighted by Gasteiger charge is -2.06. The van der Waals surface area contributed by atoms with Crippen LogP contribution in [0.25, 0.3) is 0 Å². The number of rotatable bonds is 2. The van der Waals surface area contributed by atoms with Crippen LogP contribution in [0, 0.1) is 0 Å². The van der Waals surface area contributed by atoms with E-state index in [0.717, 1.165) is 25.2 Å². The molecule has 0 bridgehead atoms. The lowest BCUT2D eigenvalue weighted by Crippen LogP contribution is -2.21. The molecular formula is C6H12N2O2. The molecule has 1 fully saturated rings. The summed E-state index contributed by atoms with van der Waals surface area (Å²) in [7, 11) is 1.54. The predicted octanol–water partition coefficient (Wildman–Crippen LogP) is -0.356. The number of aliphatic hydroxyl groups is 1. The second-order valence-electron chi connectivity index (χ2n) is 2.28. The van der Waals surface area contributed by atoms with Gasteiger partial charge in [-0.05, 0) is 0 Å². The van der Waals surface area contributed by atoms with Crippen LogP contribution in [0.4, 0.5) is 0 Å². The quantitative estimate of drug-likeness (QED) is 0.538. The first-order valence-electron chi connectivity index (χ1n) is 3.29. The Hall–Kier alpha value is -0.610. The minimum Gasteiger partial charge on any atom is -0.399 e. The zero-order valence-electron chi connectivity index (χ0n) is 6.08. The molecule has 1 saturated heterocycles. The molecule has 0 atom stereocenters. The van der Waals surface area contributed by atoms with Crippen molar-refractivity contribution in [2.45, 2.75) is 6.42 Å². The highest BCUT2D eigenvalue weighted by molar-refractivity contribution is 5.87. The maximum atomic E-state index is 8.68. The van der Waals surface area contributed by atoms with Gasteiger partial charge < -0.3 is 9.94 Å². The number of aliphatic hydroxyl groups excluding tert-OH is 1. The second kappa shape index (κ2) is 3.53. The minimum absolute atomic E-state index is 0.114. The van der Waals surface area contributed by atoms with Gasteiger partial charge in [0, 0.05) is 19.5 Å². The Morgan fingerprint density at radius 1 is 1.80 bits per heavy atom. The minimum atomic E-state index is 0.114. The Morgan fingerprint density at radius 3 is 3.10 bits per heavy atom. The van der Waals surface area contributed by atoms with Gasteiger partial charge in [-0.2, -0.15) is 0 Å². The zero-order chi connectivity index (χ0) is 7.40. The Morgan fingerprint density at radius 2 is 2.60 bits per heavy atom. The standard InChI is InChI=1S/C6H12N2O2/c1-10-7-6-2-3-8(4-6)5-9/h9H,2-5H2,1H3. The van der Waals surface area contributed by atoms with Gasteiger partial charge in [0.25, 0.3) is 0 Å². The molecule has 58 valence electrons. The third kappa shape index (κ3) is 1.68. The number of nitrogens with zero attached hydrogens (tertiary/aromatic N) is 2. The van der Waals surface area contributed by atoms with Crippen molar-refractivity contribution in [1.29, 1.82) is 0 Å². The van der Waals surface area contributed by atoms with E-state index in [0.29, 0.717) is 0 Å². The molecule has 1 N–H and O–H groups in total. The molecule has 0 radical (unpaired) electrons. The van der Waals surface area contributed by atoms with E-state index >= 15 is 0 Å². The molecule has 4 heteroatoms. The molecule has 0 saturated carbocycles. The van der Waals surface area contributed by atoms with Gasteiger partial charge in [-0.25, -0.2) is 0 Å². The highest BCUT2D eigenvalue weighted by Crippen LogP contribution is 2.03. The average Bonchev–Trinajstić information content (AvgIpc) is 2.37. The maximum absolute atomic E-state index is 8.68. The van der Waals surface area contributed by atoms with Crippen LogP contribution in [0.1, 0.15) is 6.42 Å². The van der Waals surface area contributed by atoms with Gasteiger partial charge in [-0.3, -0.25) is 4.90 Å². The number of oxime groups is 1. The number of likely N-dealkylation sites (tertiary alicyclic amines) is 1. The van der Waals surface area contributed by atoms with Crippen molar-refractivity contribution in [2.24, 2.45) is 5.16 Å². The Bertz CT molecular complexity index is 136. The molecule has 4 nitrogen and oxygen atoms in total. The topological polar surface area (TPSA) is 45.1 Å². The zero-order valence-corrected chi connectivity index (χ0v) is 6.08. The van der Waals surface area contributed by atoms with Gasteiger partial charge in [0.1, 0.15) is 7.11 Å². The Labute approximate surface area is 60.1 Å². The number of hydrogen-bond acceptors (Lipinski definition) is 4. The molecule has 0 aromatic carbocycles. The molecule has 0 amide bonds. The smallest absolute Gasteiger partial charge is 0.106 e. The van der Waals surface area contributed by atoms with Crippen molar-refractivity contribution < 1.29 is 9.94 Å². The van der Waals surface area contributed by atoms with Crippen LogP contribution >= 0.6 is 0 Å². The molecule has 1 aliphatic heterocycles. The predicted molar refractivity (Wildman–Crippen MR) is 37.7 cm³/mol. The molecule has 0 spiro atoms. The normalized spacial score (nSPS) is 24.0. The lowest BCUT2D eigenvalue weighted by atomic mass is 10.3. The van der Waals surface area contributed by atoms with Crippen molar-refractivity contribution in [1.82, 2.24) is 4.90 Å². The van der Waals surface area contributed by atoms with Crippen LogP contribution in [0.15, 0.2) is 5.16 Å². The van der Waals surface area contributed by atoms with Crippen LogP contribution in [0.2, 0.25) is 0 Å². The van der Waals surface area contributed by atoms with Crippen molar-refractivity contribution in [2.75, 3.05) is 26.9 Å². The van der Waals surface area contributed by atoms with Crippen LogP contribution in [0.3, 0.4) is 0 Å². The third-order valence-electron chi connectivity index (χ3n) is 1.54. The van der Waals surface area contributed by atoms with Gasteiger partial charge >= 0.3 is 0 Å². The molecule has 0 unspecified atom stereocenters. The molecule has 1 heterocycles. The number of hydrogen-bond donors (Lipinski definition) is 1. The highest BCUT2D eigenvalue weighted by Gasteiger charge is 2.16. The first kappa shape index (κ1) is 7.50. The monoisotopic (exact) mass is 144 g/mol. The van der Waals surface area contributed by atoms with E-state index in [1.54, 1.807) is 0 Å². The van der Waals surface area contributed by atoms with Gasteiger partial charge in [0.2, 0.25) is 0 Å². The molecule has 0 aliphatic carbocycles. The van der Waals surface area contributed by atoms with E-state index in [1.807, 2.05) is 4.90 Å². The maximum Gasteiger partial charge on any atom is 0.106 e. The Balaban J connectivity index is 2.35. The van der Waals surface area contributed by atoms with Crippen molar-refractivity contribution in [3.63, 3.8) is 0 Å². The first-order valence-corrected chi connectivity index (χ1v) is 3.29. The summed E-state index contributed by atoms with van der Waals surface area (Å²) in [4.78, 5) is 6.50. The lowest BCUT2D eigenvalue weighted by molar-refractivity contribution is 0.135. The van der Waals surface area contributed by atoms with E-state index in [1.165, 1.54) is 7.11 Å². The van der Waals surface area contributed by atoms with E-state index in [2.05, 4.69) is 9.99 Å². The fourth-order valence-corrected chi connectivity index (χ4v) is 1.03. The van der Waals surface area contributed by atoms with Gasteiger partial charge in [-0.1, -0.05) is 5.16 Å². The molecule has 10 heavy (non-hydrogen) atoms. The summed E-state index contributed by atoms with van der Waals surface area (Å²) in [6.45, 7) is 1.74. The van der Waals surface area contributed by atoms with Crippen molar-refractivity contribution in [3.8, 4) is 0 Å². The van der Waals surface area contributed by atoms with Gasteiger partial charge in [-0.15, -0.1) is 0 Å². The van der Waals surface area contributed by atoms with Crippen LogP contribution < -0.4 is 0 Å². The largest absolute Gasteiger partial charge is 0.399 e. The SMILES string of the molecule is CON=C1CCN(CO)C1. The fraction of sp³-hybridized carbons (Fsp3) is 0.833. The van der Waals surface area contributed by atoms with E-state index in [9.17, 15) is 0 Å². The average molecular weight is 144 g/mol. The molecule has 0 aromatic heterocycles. The van der Waals surface area contributed by atoms with Crippen LogP contribution in [-0.2, 0) is 4.84 Å². The van der Waals surface area contributed by atoms with Gasteiger partial charge in [0.05, 0.1) is 12.4 Å². The summed E-state index contributed by atoms with van der Waals surface area (Å²) in [5, 5.41) is 12.5. The van der Waals surface area contributed by atoms with Crippen molar-refractivity contribution >= 4 is 5.71 Å². The Kier molecular flexibility index (Phi) is 2.65. The summed E-state index contributed by atoms with van der Waals surface area (Å²) in [6.07, 6.45) is 0.911. The molecule has 1 rings (SSSR count). The molecule has 1 aliphatic rings. The fourth-order valence-electron chi connectivity index (χ4n) is 1.03. The summed E-state index contributed by atoms with van der Waals surface area (Å²) in [5.41, 5.74) is 1.01. The summed E-state index contributed by atoms with van der Waals surface area (Å²) in [5.74, 6) is 0. The van der Waals surface area contributed by atoms with E-state index in [-0.39, 0.29) is 6.73 Å². The van der Waals surface area contributed by atoms with Crippen molar-refractivity contribution in [3.05, 3.63) is 0 Å². The first-order chi connectivity index (χ1) is 4.86. The summed E-state index contributed by atoms with van der Waals surface area (Å²) in [6, 6.07) is 0.